The molecular formula is C40H28BrNO4. The van der Waals surface area contributed by atoms with E-state index < -0.39 is 23.0 Å². The Labute approximate surface area is 275 Å². The van der Waals surface area contributed by atoms with Gasteiger partial charge in [0, 0.05) is 15.4 Å². The van der Waals surface area contributed by atoms with E-state index in [1.807, 2.05) is 121 Å². The Balaban J connectivity index is 1.44. The molecule has 1 heterocycles. The van der Waals surface area contributed by atoms with Crippen molar-refractivity contribution in [2.75, 3.05) is 4.90 Å². The molecule has 0 aliphatic carbocycles. The van der Waals surface area contributed by atoms with Crippen LogP contribution in [0.3, 0.4) is 0 Å². The average molecular weight is 667 g/mol. The average Bonchev–Trinajstić information content (AvgIpc) is 3.32. The summed E-state index contributed by atoms with van der Waals surface area (Å²) in [5, 5.41) is 14.2. The molecule has 7 rings (SSSR count). The zero-order valence-corrected chi connectivity index (χ0v) is 26.2. The van der Waals surface area contributed by atoms with Crippen molar-refractivity contribution in [1.82, 2.24) is 0 Å². The minimum atomic E-state index is -2.43. The number of nitrogens with zero attached hydrogens (tertiary/aromatic N) is 1. The molecule has 6 heteroatoms. The number of halogens is 1. The first-order valence-corrected chi connectivity index (χ1v) is 15.6. The van der Waals surface area contributed by atoms with Crippen molar-refractivity contribution in [2.24, 2.45) is 0 Å². The van der Waals surface area contributed by atoms with Crippen LogP contribution in [0.1, 0.15) is 22.3 Å². The van der Waals surface area contributed by atoms with Crippen molar-refractivity contribution in [1.29, 1.82) is 0 Å². The van der Waals surface area contributed by atoms with E-state index in [2.05, 4.69) is 22.5 Å². The van der Waals surface area contributed by atoms with Crippen LogP contribution in [0.15, 0.2) is 168 Å². The van der Waals surface area contributed by atoms with Crippen LogP contribution >= 0.6 is 15.9 Å². The smallest absolute Gasteiger partial charge is 0.342 e. The molecule has 6 aromatic rings. The van der Waals surface area contributed by atoms with Crippen LogP contribution in [-0.2, 0) is 20.7 Å². The summed E-state index contributed by atoms with van der Waals surface area (Å²) in [6, 6.07) is 47.1. The first kappa shape index (κ1) is 29.4. The molecule has 6 aromatic carbocycles. The number of anilines is 1. The molecule has 46 heavy (non-hydrogen) atoms. The molecule has 1 atom stereocenters. The number of rotatable bonds is 7. The summed E-state index contributed by atoms with van der Waals surface area (Å²) >= 11 is 3.58. The lowest BCUT2D eigenvalue weighted by Crippen LogP contribution is -2.54. The topological polar surface area (TPSA) is 66.8 Å². The molecule has 0 bridgehead atoms. The zero-order chi connectivity index (χ0) is 31.9. The second kappa shape index (κ2) is 11.6. The summed E-state index contributed by atoms with van der Waals surface area (Å²) in [7, 11) is 0. The van der Waals surface area contributed by atoms with E-state index in [9.17, 15) is 9.90 Å². The molecule has 224 valence electrons. The van der Waals surface area contributed by atoms with Crippen molar-refractivity contribution < 1.29 is 19.4 Å². The van der Waals surface area contributed by atoms with E-state index in [0.29, 0.717) is 15.9 Å². The summed E-state index contributed by atoms with van der Waals surface area (Å²) in [5.41, 5.74) is -1.04. The Morgan fingerprint density at radius 1 is 0.717 bits per heavy atom. The molecule has 1 amide bonds. The van der Waals surface area contributed by atoms with Gasteiger partial charge in [-0.25, -0.2) is 4.79 Å². The van der Waals surface area contributed by atoms with Gasteiger partial charge in [0.25, 0.3) is 5.91 Å². The van der Waals surface area contributed by atoms with Crippen LogP contribution in [0.2, 0.25) is 0 Å². The van der Waals surface area contributed by atoms with E-state index in [4.69, 9.17) is 4.74 Å². The molecule has 1 N–H and O–H groups in total. The summed E-state index contributed by atoms with van der Waals surface area (Å²) in [6.45, 7) is 4.01. The van der Waals surface area contributed by atoms with Gasteiger partial charge in [0.05, 0.1) is 11.3 Å². The number of amides is 1. The molecule has 1 aliphatic rings. The molecular weight excluding hydrogens is 638 g/mol. The summed E-state index contributed by atoms with van der Waals surface area (Å²) < 4.78 is 6.55. The van der Waals surface area contributed by atoms with E-state index in [-0.39, 0.29) is 11.1 Å². The molecule has 0 aromatic heterocycles. The van der Waals surface area contributed by atoms with Crippen molar-refractivity contribution in [3.05, 3.63) is 191 Å². The van der Waals surface area contributed by atoms with Crippen LogP contribution in [0.4, 0.5) is 5.69 Å². The van der Waals surface area contributed by atoms with Gasteiger partial charge in [0.1, 0.15) is 11.3 Å². The first-order chi connectivity index (χ1) is 22.4. The second-order valence-electron chi connectivity index (χ2n) is 11.2. The largest absolute Gasteiger partial charge is 0.422 e. The minimum Gasteiger partial charge on any atom is -0.422 e. The van der Waals surface area contributed by atoms with E-state index >= 15 is 4.79 Å². The predicted molar refractivity (Wildman–Crippen MR) is 183 cm³/mol. The van der Waals surface area contributed by atoms with Crippen molar-refractivity contribution in [3.63, 3.8) is 0 Å². The van der Waals surface area contributed by atoms with Crippen molar-refractivity contribution in [3.8, 4) is 5.75 Å². The Bertz CT molecular complexity index is 2010. The van der Waals surface area contributed by atoms with Crippen LogP contribution in [0.5, 0.6) is 5.75 Å². The maximum Gasteiger partial charge on any atom is 0.342 e. The van der Waals surface area contributed by atoms with Crippen LogP contribution in [0, 0.1) is 0 Å². The van der Waals surface area contributed by atoms with Gasteiger partial charge in [-0.3, -0.25) is 9.69 Å². The van der Waals surface area contributed by atoms with Crippen LogP contribution in [0.25, 0.3) is 10.8 Å². The Hall–Kier alpha value is -5.30. The SMILES string of the molecule is C=C(C(=O)Oc1cccc2ccccc12)[C@]1(O)C(=O)N(C(c2ccccc2)(c2ccccc2)c2ccccc2)c2cc(Br)ccc21. The number of hydrogen-bond donors (Lipinski definition) is 1. The summed E-state index contributed by atoms with van der Waals surface area (Å²) in [5.74, 6) is -1.33. The maximum absolute atomic E-state index is 15.2. The number of benzene rings is 6. The fourth-order valence-corrected chi connectivity index (χ4v) is 6.88. The van der Waals surface area contributed by atoms with Gasteiger partial charge in [-0.1, -0.05) is 156 Å². The molecule has 0 unspecified atom stereocenters. The fourth-order valence-electron chi connectivity index (χ4n) is 6.53. The Morgan fingerprint density at radius 3 is 1.83 bits per heavy atom. The monoisotopic (exact) mass is 665 g/mol. The van der Waals surface area contributed by atoms with Gasteiger partial charge in [-0.2, -0.15) is 0 Å². The van der Waals surface area contributed by atoms with E-state index in [1.165, 1.54) is 0 Å². The lowest BCUT2D eigenvalue weighted by molar-refractivity contribution is -0.141. The van der Waals surface area contributed by atoms with Gasteiger partial charge in [-0.15, -0.1) is 0 Å². The zero-order valence-electron chi connectivity index (χ0n) is 24.6. The highest BCUT2D eigenvalue weighted by molar-refractivity contribution is 9.10. The second-order valence-corrected chi connectivity index (χ2v) is 12.1. The van der Waals surface area contributed by atoms with Gasteiger partial charge < -0.3 is 9.84 Å². The third-order valence-electron chi connectivity index (χ3n) is 8.65. The molecule has 0 fully saturated rings. The highest BCUT2D eigenvalue weighted by Gasteiger charge is 2.60. The number of ether oxygens (including phenoxy) is 1. The number of aliphatic hydroxyl groups is 1. The van der Waals surface area contributed by atoms with Gasteiger partial charge >= 0.3 is 5.97 Å². The Kier molecular flexibility index (Phi) is 7.40. The minimum absolute atomic E-state index is 0.229. The van der Waals surface area contributed by atoms with Gasteiger partial charge in [0.15, 0.2) is 0 Å². The lowest BCUT2D eigenvalue weighted by Gasteiger charge is -2.44. The van der Waals surface area contributed by atoms with E-state index in [1.54, 1.807) is 35.2 Å². The third-order valence-corrected chi connectivity index (χ3v) is 9.14. The van der Waals surface area contributed by atoms with Crippen molar-refractivity contribution >= 4 is 44.3 Å². The molecule has 0 spiro atoms. The Morgan fingerprint density at radius 2 is 1.24 bits per heavy atom. The predicted octanol–water partition coefficient (Wildman–Crippen LogP) is 8.29. The lowest BCUT2D eigenvalue weighted by atomic mass is 9.75. The summed E-state index contributed by atoms with van der Waals surface area (Å²) in [4.78, 5) is 30.6. The van der Waals surface area contributed by atoms with Crippen LogP contribution < -0.4 is 9.64 Å². The molecule has 0 saturated carbocycles. The molecule has 0 radical (unpaired) electrons. The fraction of sp³-hybridized carbons (Fsp3) is 0.0500. The number of fused-ring (bicyclic) bond motifs is 2. The standard InChI is InChI=1S/C40H28BrNO4/c1-27(37(43)46-36-23-13-15-28-14-11-12-22-33(28)36)40(45)34-25-24-32(41)26-35(34)42(38(40)44)39(29-16-5-2-6-17-29,30-18-7-3-8-19-30)31-20-9-4-10-21-31/h2-26,45H,1H2/t40-/m1/s1. The molecule has 0 saturated heterocycles. The van der Waals surface area contributed by atoms with Crippen LogP contribution in [-0.4, -0.2) is 17.0 Å². The summed E-state index contributed by atoms with van der Waals surface area (Å²) in [6.07, 6.45) is 0. The maximum atomic E-state index is 15.2. The molecule has 5 nitrogen and oxygen atoms in total. The van der Waals surface area contributed by atoms with E-state index in [0.717, 1.165) is 27.5 Å². The quantitative estimate of drug-likeness (QED) is 0.0806. The first-order valence-electron chi connectivity index (χ1n) is 14.8. The van der Waals surface area contributed by atoms with Gasteiger partial charge in [-0.05, 0) is 40.3 Å². The third kappa shape index (κ3) is 4.49. The number of esters is 1. The number of carbonyl (C=O) groups is 2. The van der Waals surface area contributed by atoms with Gasteiger partial charge in [0.2, 0.25) is 5.60 Å². The van der Waals surface area contributed by atoms with Crippen molar-refractivity contribution in [2.45, 2.75) is 11.1 Å². The molecule has 1 aliphatic heterocycles. The normalized spacial score (nSPS) is 15.9. The number of carbonyl (C=O) groups excluding carboxylic acids is 2. The highest BCUT2D eigenvalue weighted by Crippen LogP contribution is 2.54. The highest BCUT2D eigenvalue weighted by atomic mass is 79.9. The number of hydrogen-bond acceptors (Lipinski definition) is 4.